The first kappa shape index (κ1) is 22.6. The van der Waals surface area contributed by atoms with Crippen molar-refractivity contribution in [3.63, 3.8) is 0 Å². The average Bonchev–Trinajstić information content (AvgIpc) is 2.81. The van der Waals surface area contributed by atoms with E-state index in [1.54, 1.807) is 18.5 Å². The molecule has 1 saturated carbocycles. The van der Waals surface area contributed by atoms with E-state index in [0.29, 0.717) is 37.5 Å². The van der Waals surface area contributed by atoms with Crippen molar-refractivity contribution in [1.82, 2.24) is 24.8 Å². The minimum Gasteiger partial charge on any atom is -0.369 e. The molecule has 2 fully saturated rings. The summed E-state index contributed by atoms with van der Waals surface area (Å²) in [6.07, 6.45) is 9.21. The molecule has 0 radical (unpaired) electrons. The molecule has 0 aromatic carbocycles. The van der Waals surface area contributed by atoms with Crippen molar-refractivity contribution >= 4 is 17.7 Å². The van der Waals surface area contributed by atoms with Crippen LogP contribution in [0.25, 0.3) is 0 Å². The topological polar surface area (TPSA) is 83.5 Å². The highest BCUT2D eigenvalue weighted by Gasteiger charge is 2.31. The fraction of sp³-hybridized carbons (Fsp3) is 0.583. The third-order valence-corrected chi connectivity index (χ3v) is 6.23. The maximum Gasteiger partial charge on any atom is 0.237 e. The zero-order valence-electron chi connectivity index (χ0n) is 19.1. The SMILES string of the molecule is CC(C)N(C(=O)CN1CCO[C@@H](c2cccc(Nc3ncccn3)n2)C1)C1CCCCC1. The lowest BCUT2D eigenvalue weighted by Gasteiger charge is -2.39. The van der Waals surface area contributed by atoms with Gasteiger partial charge in [0.15, 0.2) is 0 Å². The van der Waals surface area contributed by atoms with Crippen molar-refractivity contribution in [3.05, 3.63) is 42.4 Å². The van der Waals surface area contributed by atoms with Crippen LogP contribution < -0.4 is 5.32 Å². The van der Waals surface area contributed by atoms with Gasteiger partial charge in [-0.15, -0.1) is 0 Å². The first-order valence-corrected chi connectivity index (χ1v) is 11.8. The number of pyridine rings is 1. The zero-order chi connectivity index (χ0) is 22.3. The number of aromatic nitrogens is 3. The number of nitrogens with zero attached hydrogens (tertiary/aromatic N) is 5. The van der Waals surface area contributed by atoms with Crippen LogP contribution in [0.1, 0.15) is 57.7 Å². The molecule has 172 valence electrons. The van der Waals surface area contributed by atoms with Gasteiger partial charge in [0.2, 0.25) is 11.9 Å². The van der Waals surface area contributed by atoms with E-state index in [1.165, 1.54) is 19.3 Å². The summed E-state index contributed by atoms with van der Waals surface area (Å²) >= 11 is 0. The predicted octanol–water partition coefficient (Wildman–Crippen LogP) is 3.56. The molecule has 8 heteroatoms. The molecule has 2 aromatic heterocycles. The van der Waals surface area contributed by atoms with Gasteiger partial charge in [-0.3, -0.25) is 9.69 Å². The number of morpholine rings is 1. The number of rotatable bonds is 7. The summed E-state index contributed by atoms with van der Waals surface area (Å²) in [5, 5.41) is 3.13. The highest BCUT2D eigenvalue weighted by atomic mass is 16.5. The van der Waals surface area contributed by atoms with E-state index in [1.807, 2.05) is 18.2 Å². The molecule has 1 atom stereocenters. The largest absolute Gasteiger partial charge is 0.369 e. The smallest absolute Gasteiger partial charge is 0.237 e. The Bertz CT molecular complexity index is 872. The Kier molecular flexibility index (Phi) is 7.65. The predicted molar refractivity (Wildman–Crippen MR) is 124 cm³/mol. The Morgan fingerprint density at radius 2 is 1.97 bits per heavy atom. The van der Waals surface area contributed by atoms with Crippen LogP contribution in [0.3, 0.4) is 0 Å². The number of nitrogens with one attached hydrogen (secondary N) is 1. The maximum absolute atomic E-state index is 13.3. The van der Waals surface area contributed by atoms with Gasteiger partial charge in [0.25, 0.3) is 0 Å². The first-order valence-electron chi connectivity index (χ1n) is 11.8. The van der Waals surface area contributed by atoms with E-state index in [-0.39, 0.29) is 18.1 Å². The molecule has 8 nitrogen and oxygen atoms in total. The van der Waals surface area contributed by atoms with E-state index in [4.69, 9.17) is 9.72 Å². The van der Waals surface area contributed by atoms with Gasteiger partial charge >= 0.3 is 0 Å². The van der Waals surface area contributed by atoms with Crippen LogP contribution in [0.4, 0.5) is 11.8 Å². The lowest BCUT2D eigenvalue weighted by atomic mass is 9.93. The van der Waals surface area contributed by atoms with E-state index in [9.17, 15) is 4.79 Å². The van der Waals surface area contributed by atoms with Gasteiger partial charge in [0.05, 0.1) is 18.8 Å². The van der Waals surface area contributed by atoms with Gasteiger partial charge in [0, 0.05) is 37.6 Å². The minimum absolute atomic E-state index is 0.169. The number of hydrogen-bond acceptors (Lipinski definition) is 7. The first-order chi connectivity index (χ1) is 15.6. The fourth-order valence-electron chi connectivity index (χ4n) is 4.75. The molecular formula is C24H34N6O2. The standard InChI is InChI=1S/C24H34N6O2/c1-18(2)30(19-8-4-3-5-9-19)23(31)17-29-14-15-32-21(16-29)20-10-6-11-22(27-20)28-24-25-12-7-13-26-24/h6-7,10-13,18-19,21H,3-5,8-9,14-17H2,1-2H3,(H,25,26,27,28)/t21-/m1/s1. The average molecular weight is 439 g/mol. The van der Waals surface area contributed by atoms with E-state index >= 15 is 0 Å². The van der Waals surface area contributed by atoms with Crippen LogP contribution in [-0.2, 0) is 9.53 Å². The molecule has 0 spiro atoms. The van der Waals surface area contributed by atoms with Crippen LogP contribution in [0.15, 0.2) is 36.7 Å². The molecule has 2 aliphatic rings. The summed E-state index contributed by atoms with van der Waals surface area (Å²) in [6, 6.07) is 8.19. The lowest BCUT2D eigenvalue weighted by Crippen LogP contribution is -2.51. The molecule has 2 aromatic rings. The third kappa shape index (κ3) is 5.81. The Hall–Kier alpha value is -2.58. The van der Waals surface area contributed by atoms with Gasteiger partial charge in [0.1, 0.15) is 11.9 Å². The van der Waals surface area contributed by atoms with Crippen LogP contribution in [0, 0.1) is 0 Å². The van der Waals surface area contributed by atoms with Gasteiger partial charge in [-0.05, 0) is 44.9 Å². The molecule has 1 aliphatic carbocycles. The molecule has 1 amide bonds. The maximum atomic E-state index is 13.3. The highest BCUT2D eigenvalue weighted by Crippen LogP contribution is 2.26. The second-order valence-corrected chi connectivity index (χ2v) is 8.93. The number of ether oxygens (including phenoxy) is 1. The van der Waals surface area contributed by atoms with Gasteiger partial charge < -0.3 is 15.0 Å². The van der Waals surface area contributed by atoms with Gasteiger partial charge in [-0.2, -0.15) is 0 Å². The second kappa shape index (κ2) is 10.8. The van der Waals surface area contributed by atoms with Crippen LogP contribution in [0.5, 0.6) is 0 Å². The molecule has 0 bridgehead atoms. The molecule has 1 aliphatic heterocycles. The number of carbonyl (C=O) groups excluding carboxylic acids is 1. The molecular weight excluding hydrogens is 404 g/mol. The molecule has 0 unspecified atom stereocenters. The Morgan fingerprint density at radius 1 is 1.19 bits per heavy atom. The summed E-state index contributed by atoms with van der Waals surface area (Å²) in [5.74, 6) is 1.41. The van der Waals surface area contributed by atoms with Gasteiger partial charge in [-0.25, -0.2) is 15.0 Å². The third-order valence-electron chi connectivity index (χ3n) is 6.23. The summed E-state index contributed by atoms with van der Waals surface area (Å²) in [7, 11) is 0. The highest BCUT2D eigenvalue weighted by molar-refractivity contribution is 5.79. The van der Waals surface area contributed by atoms with Crippen LogP contribution in [-0.4, -0.2) is 69.0 Å². The monoisotopic (exact) mass is 438 g/mol. The molecule has 3 heterocycles. The molecule has 1 saturated heterocycles. The van der Waals surface area contributed by atoms with Crippen molar-refractivity contribution in [2.24, 2.45) is 0 Å². The van der Waals surface area contributed by atoms with Gasteiger partial charge in [-0.1, -0.05) is 25.3 Å². The van der Waals surface area contributed by atoms with Crippen LogP contribution in [0.2, 0.25) is 0 Å². The van der Waals surface area contributed by atoms with E-state index in [2.05, 4.69) is 38.9 Å². The zero-order valence-corrected chi connectivity index (χ0v) is 19.1. The minimum atomic E-state index is -0.169. The van der Waals surface area contributed by atoms with Crippen molar-refractivity contribution in [3.8, 4) is 0 Å². The molecule has 4 rings (SSSR count). The molecule has 1 N–H and O–H groups in total. The van der Waals surface area contributed by atoms with Crippen molar-refractivity contribution in [2.45, 2.75) is 64.1 Å². The lowest BCUT2D eigenvalue weighted by molar-refractivity contribution is -0.139. The Balaban J connectivity index is 1.38. The molecule has 32 heavy (non-hydrogen) atoms. The van der Waals surface area contributed by atoms with E-state index < -0.39 is 0 Å². The van der Waals surface area contributed by atoms with Crippen molar-refractivity contribution in [1.29, 1.82) is 0 Å². The second-order valence-electron chi connectivity index (χ2n) is 8.93. The normalized spacial score (nSPS) is 20.3. The summed E-state index contributed by atoms with van der Waals surface area (Å²) < 4.78 is 6.02. The summed E-state index contributed by atoms with van der Waals surface area (Å²) in [4.78, 5) is 30.7. The summed E-state index contributed by atoms with van der Waals surface area (Å²) in [6.45, 7) is 6.70. The number of anilines is 2. The Labute approximate surface area is 190 Å². The quantitative estimate of drug-likeness (QED) is 0.708. The van der Waals surface area contributed by atoms with Crippen molar-refractivity contribution < 1.29 is 9.53 Å². The van der Waals surface area contributed by atoms with E-state index in [0.717, 1.165) is 25.1 Å². The Morgan fingerprint density at radius 3 is 2.72 bits per heavy atom. The number of carbonyl (C=O) groups is 1. The number of amides is 1. The summed E-state index contributed by atoms with van der Waals surface area (Å²) in [5.41, 5.74) is 0.844. The number of hydrogen-bond donors (Lipinski definition) is 1. The fourth-order valence-corrected chi connectivity index (χ4v) is 4.75. The van der Waals surface area contributed by atoms with Crippen LogP contribution >= 0.6 is 0 Å². The van der Waals surface area contributed by atoms with Crippen molar-refractivity contribution in [2.75, 3.05) is 31.6 Å².